The van der Waals surface area contributed by atoms with Crippen molar-refractivity contribution in [2.45, 2.75) is 58.4 Å². The van der Waals surface area contributed by atoms with Crippen LogP contribution in [0.5, 0.6) is 0 Å². The van der Waals surface area contributed by atoms with Crippen LogP contribution >= 0.6 is 11.6 Å². The first-order valence-electron chi connectivity index (χ1n) is 7.36. The van der Waals surface area contributed by atoms with Gasteiger partial charge in [-0.25, -0.2) is 9.97 Å². The highest BCUT2D eigenvalue weighted by molar-refractivity contribution is 6.29. The summed E-state index contributed by atoms with van der Waals surface area (Å²) >= 11 is 6.12. The molecule has 1 aliphatic rings. The van der Waals surface area contributed by atoms with Gasteiger partial charge in [0, 0.05) is 25.6 Å². The number of aryl methyl sites for hydroxylation is 1. The normalized spacial score (nSPS) is 23.4. The highest BCUT2D eigenvalue weighted by atomic mass is 35.5. The Balaban J connectivity index is 2.15. The van der Waals surface area contributed by atoms with Crippen molar-refractivity contribution in [3.63, 3.8) is 0 Å². The van der Waals surface area contributed by atoms with Crippen molar-refractivity contribution in [3.8, 4) is 0 Å². The van der Waals surface area contributed by atoms with Crippen LogP contribution in [-0.4, -0.2) is 23.1 Å². The smallest absolute Gasteiger partial charge is 0.134 e. The standard InChI is InChI=1S/C15H24ClN3/c1-4-6-14-17-13(16)10-15(18-14)19(3)12-8-5-7-11(2)9-12/h10-12H,4-9H2,1-3H3. The third-order valence-electron chi connectivity index (χ3n) is 4.02. The molecular weight excluding hydrogens is 258 g/mol. The van der Waals surface area contributed by atoms with Crippen molar-refractivity contribution in [2.24, 2.45) is 5.92 Å². The molecule has 0 bridgehead atoms. The zero-order valence-corrected chi connectivity index (χ0v) is 13.0. The second-order valence-electron chi connectivity index (χ2n) is 5.75. The lowest BCUT2D eigenvalue weighted by atomic mass is 9.86. The van der Waals surface area contributed by atoms with E-state index in [4.69, 9.17) is 11.6 Å². The van der Waals surface area contributed by atoms with Gasteiger partial charge in [0.15, 0.2) is 0 Å². The highest BCUT2D eigenvalue weighted by Gasteiger charge is 2.23. The van der Waals surface area contributed by atoms with E-state index in [1.54, 1.807) is 0 Å². The van der Waals surface area contributed by atoms with Gasteiger partial charge in [-0.1, -0.05) is 38.3 Å². The minimum Gasteiger partial charge on any atom is -0.357 e. The molecule has 2 unspecified atom stereocenters. The topological polar surface area (TPSA) is 29.0 Å². The number of aromatic nitrogens is 2. The quantitative estimate of drug-likeness (QED) is 0.778. The predicted molar refractivity (Wildman–Crippen MR) is 80.9 cm³/mol. The zero-order chi connectivity index (χ0) is 13.8. The average molecular weight is 282 g/mol. The second-order valence-corrected chi connectivity index (χ2v) is 6.14. The molecule has 0 radical (unpaired) electrons. The minimum absolute atomic E-state index is 0.559. The van der Waals surface area contributed by atoms with Gasteiger partial charge in [-0.2, -0.15) is 0 Å². The van der Waals surface area contributed by atoms with Gasteiger partial charge in [0.1, 0.15) is 16.8 Å². The van der Waals surface area contributed by atoms with E-state index in [9.17, 15) is 0 Å². The van der Waals surface area contributed by atoms with E-state index in [-0.39, 0.29) is 0 Å². The summed E-state index contributed by atoms with van der Waals surface area (Å²) in [5.41, 5.74) is 0. The Labute approximate surface area is 121 Å². The van der Waals surface area contributed by atoms with Crippen LogP contribution in [0.4, 0.5) is 5.82 Å². The Morgan fingerprint density at radius 2 is 2.16 bits per heavy atom. The van der Waals surface area contributed by atoms with Crippen LogP contribution in [0.15, 0.2) is 6.07 Å². The fourth-order valence-corrected chi connectivity index (χ4v) is 3.10. The maximum Gasteiger partial charge on any atom is 0.134 e. The monoisotopic (exact) mass is 281 g/mol. The second kappa shape index (κ2) is 6.56. The summed E-state index contributed by atoms with van der Waals surface area (Å²) in [6.45, 7) is 4.48. The molecule has 2 atom stereocenters. The van der Waals surface area contributed by atoms with E-state index in [1.807, 2.05) is 6.07 Å². The van der Waals surface area contributed by atoms with Crippen LogP contribution in [-0.2, 0) is 6.42 Å². The molecule has 3 nitrogen and oxygen atoms in total. The van der Waals surface area contributed by atoms with Gasteiger partial charge in [-0.15, -0.1) is 0 Å². The third kappa shape index (κ3) is 3.82. The summed E-state index contributed by atoms with van der Waals surface area (Å²) in [5, 5.41) is 0.559. The fourth-order valence-electron chi connectivity index (χ4n) is 2.91. The highest BCUT2D eigenvalue weighted by Crippen LogP contribution is 2.29. The van der Waals surface area contributed by atoms with E-state index >= 15 is 0 Å². The lowest BCUT2D eigenvalue weighted by molar-refractivity contribution is 0.335. The van der Waals surface area contributed by atoms with Gasteiger partial charge >= 0.3 is 0 Å². The summed E-state index contributed by atoms with van der Waals surface area (Å²) in [4.78, 5) is 11.2. The van der Waals surface area contributed by atoms with Crippen LogP contribution in [0.2, 0.25) is 5.15 Å². The van der Waals surface area contributed by atoms with Crippen molar-refractivity contribution in [1.82, 2.24) is 9.97 Å². The van der Waals surface area contributed by atoms with Crippen LogP contribution in [0.1, 0.15) is 51.8 Å². The van der Waals surface area contributed by atoms with Gasteiger partial charge in [0.25, 0.3) is 0 Å². The van der Waals surface area contributed by atoms with Crippen molar-refractivity contribution in [1.29, 1.82) is 0 Å². The molecule has 1 aromatic heterocycles. The number of hydrogen-bond donors (Lipinski definition) is 0. The molecule has 0 spiro atoms. The fraction of sp³-hybridized carbons (Fsp3) is 0.733. The lowest BCUT2D eigenvalue weighted by Gasteiger charge is -2.35. The van der Waals surface area contributed by atoms with Crippen LogP contribution in [0.3, 0.4) is 0 Å². The molecule has 0 N–H and O–H groups in total. The molecular formula is C15H24ClN3. The Bertz CT molecular complexity index is 422. The zero-order valence-electron chi connectivity index (χ0n) is 12.2. The molecule has 106 valence electrons. The summed E-state index contributed by atoms with van der Waals surface area (Å²) in [5.74, 6) is 2.65. The Morgan fingerprint density at radius 1 is 1.37 bits per heavy atom. The lowest BCUT2D eigenvalue weighted by Crippen LogP contribution is -2.36. The van der Waals surface area contributed by atoms with E-state index in [0.717, 1.165) is 30.4 Å². The van der Waals surface area contributed by atoms with Crippen LogP contribution in [0, 0.1) is 5.92 Å². The summed E-state index contributed by atoms with van der Waals surface area (Å²) in [7, 11) is 2.14. The SMILES string of the molecule is CCCc1nc(Cl)cc(N(C)C2CCCC(C)C2)n1. The molecule has 0 saturated heterocycles. The Kier molecular flexibility index (Phi) is 5.03. The van der Waals surface area contributed by atoms with Crippen molar-refractivity contribution in [2.75, 3.05) is 11.9 Å². The first kappa shape index (κ1) is 14.6. The van der Waals surface area contributed by atoms with Gasteiger partial charge in [-0.05, 0) is 25.2 Å². The maximum absolute atomic E-state index is 6.12. The molecule has 0 aliphatic heterocycles. The molecule has 0 aromatic carbocycles. The van der Waals surface area contributed by atoms with Crippen LogP contribution in [0.25, 0.3) is 0 Å². The first-order valence-corrected chi connectivity index (χ1v) is 7.74. The minimum atomic E-state index is 0.559. The number of rotatable bonds is 4. The van der Waals surface area contributed by atoms with Gasteiger partial charge in [0.2, 0.25) is 0 Å². The summed E-state index contributed by atoms with van der Waals surface area (Å²) < 4.78 is 0. The number of anilines is 1. The van der Waals surface area contributed by atoms with E-state index in [2.05, 4.69) is 35.8 Å². The van der Waals surface area contributed by atoms with E-state index < -0.39 is 0 Å². The molecule has 1 saturated carbocycles. The van der Waals surface area contributed by atoms with Crippen molar-refractivity contribution in [3.05, 3.63) is 17.0 Å². The van der Waals surface area contributed by atoms with Gasteiger partial charge in [0.05, 0.1) is 0 Å². The maximum atomic E-state index is 6.12. The van der Waals surface area contributed by atoms with E-state index in [0.29, 0.717) is 11.2 Å². The molecule has 2 rings (SSSR count). The molecule has 19 heavy (non-hydrogen) atoms. The molecule has 1 heterocycles. The molecule has 1 aliphatic carbocycles. The predicted octanol–water partition coefficient (Wildman–Crippen LogP) is 4.10. The average Bonchev–Trinajstić information content (AvgIpc) is 2.37. The number of hydrogen-bond acceptors (Lipinski definition) is 3. The first-order chi connectivity index (χ1) is 9.10. The molecule has 1 aromatic rings. The Morgan fingerprint density at radius 3 is 2.84 bits per heavy atom. The van der Waals surface area contributed by atoms with Gasteiger partial charge < -0.3 is 4.90 Å². The van der Waals surface area contributed by atoms with Crippen molar-refractivity contribution < 1.29 is 0 Å². The number of nitrogens with zero attached hydrogens (tertiary/aromatic N) is 3. The Hall–Kier alpha value is -0.830. The van der Waals surface area contributed by atoms with Crippen LogP contribution < -0.4 is 4.90 Å². The van der Waals surface area contributed by atoms with Crippen molar-refractivity contribution >= 4 is 17.4 Å². The molecule has 4 heteroatoms. The third-order valence-corrected chi connectivity index (χ3v) is 4.21. The molecule has 0 amide bonds. The number of halogens is 1. The molecule has 1 fully saturated rings. The van der Waals surface area contributed by atoms with E-state index in [1.165, 1.54) is 25.7 Å². The van der Waals surface area contributed by atoms with Gasteiger partial charge in [-0.3, -0.25) is 0 Å². The summed E-state index contributed by atoms with van der Waals surface area (Å²) in [6.07, 6.45) is 7.12. The largest absolute Gasteiger partial charge is 0.357 e. The summed E-state index contributed by atoms with van der Waals surface area (Å²) in [6, 6.07) is 2.48.